The van der Waals surface area contributed by atoms with Gasteiger partial charge in [0.15, 0.2) is 0 Å². The number of carbonyl (C=O) groups excluding carboxylic acids is 1. The van der Waals surface area contributed by atoms with Gasteiger partial charge < -0.3 is 4.90 Å². The normalized spacial score (nSPS) is 17.8. The van der Waals surface area contributed by atoms with Gasteiger partial charge in [-0.25, -0.2) is 0 Å². The molecule has 1 aromatic carbocycles. The third-order valence-corrected chi connectivity index (χ3v) is 3.17. The van der Waals surface area contributed by atoms with E-state index in [1.54, 1.807) is 0 Å². The lowest BCUT2D eigenvalue weighted by Gasteiger charge is -2.31. The molecule has 0 spiro atoms. The lowest BCUT2D eigenvalue weighted by Crippen LogP contribution is -2.37. The van der Waals surface area contributed by atoms with E-state index in [4.69, 9.17) is 0 Å². The fraction of sp³-hybridized carbons (Fsp3) is 0.588. The number of likely N-dealkylation sites (tertiary alicyclic amines) is 1. The van der Waals surface area contributed by atoms with E-state index >= 15 is 0 Å². The van der Waals surface area contributed by atoms with Crippen LogP contribution in [0.1, 0.15) is 58.9 Å². The molecule has 0 N–H and O–H groups in total. The summed E-state index contributed by atoms with van der Waals surface area (Å²) in [6.45, 7) is 11.8. The number of hydrogen-bond acceptors (Lipinski definition) is 1. The van der Waals surface area contributed by atoms with Crippen LogP contribution >= 0.6 is 0 Å². The number of benzene rings is 1. The summed E-state index contributed by atoms with van der Waals surface area (Å²) in [5.74, 6) is 0.735. The van der Waals surface area contributed by atoms with Gasteiger partial charge in [0.05, 0.1) is 0 Å². The van der Waals surface area contributed by atoms with Crippen molar-refractivity contribution >= 4 is 5.91 Å². The van der Waals surface area contributed by atoms with Crippen molar-refractivity contribution in [1.29, 1.82) is 0 Å². The number of hydrogen-bond donors (Lipinski definition) is 0. The lowest BCUT2D eigenvalue weighted by molar-refractivity contribution is -0.133. The molecule has 0 bridgehead atoms. The highest BCUT2D eigenvalue weighted by atomic mass is 16.2. The lowest BCUT2D eigenvalue weighted by atomic mass is 9.89. The van der Waals surface area contributed by atoms with Gasteiger partial charge in [0.1, 0.15) is 0 Å². The van der Waals surface area contributed by atoms with Crippen LogP contribution in [0.4, 0.5) is 0 Å². The number of nitrogens with zero attached hydrogens (tertiary/aromatic N) is 1. The van der Waals surface area contributed by atoms with Crippen LogP contribution in [0.3, 0.4) is 0 Å². The zero-order valence-electron chi connectivity index (χ0n) is 13.1. The first-order valence-corrected chi connectivity index (χ1v) is 7.64. The molecule has 1 fully saturated rings. The molecule has 0 radical (unpaired) electrons. The van der Waals surface area contributed by atoms with Gasteiger partial charge in [-0.15, -0.1) is 0 Å². The molecule has 0 aliphatic carbocycles. The first kappa shape index (κ1) is 17.7. The fourth-order valence-corrected chi connectivity index (χ4v) is 2.22. The van der Waals surface area contributed by atoms with Crippen LogP contribution in [0.2, 0.25) is 0 Å². The molecule has 1 aromatic rings. The van der Waals surface area contributed by atoms with E-state index in [-0.39, 0.29) is 0 Å². The molecule has 0 saturated carbocycles. The van der Waals surface area contributed by atoms with Crippen LogP contribution in [0.25, 0.3) is 0 Å². The highest BCUT2D eigenvalue weighted by Gasteiger charge is 2.25. The molecule has 1 heterocycles. The van der Waals surface area contributed by atoms with E-state index in [0.717, 1.165) is 19.5 Å². The SMILES string of the molecule is CC.CC.CCN1CCC(c2ccccc2)CC1=O. The molecule has 1 unspecified atom stereocenters. The van der Waals surface area contributed by atoms with E-state index < -0.39 is 0 Å². The third-order valence-electron chi connectivity index (χ3n) is 3.17. The number of amides is 1. The highest BCUT2D eigenvalue weighted by molar-refractivity contribution is 5.78. The van der Waals surface area contributed by atoms with Gasteiger partial charge in [-0.2, -0.15) is 0 Å². The molecule has 1 atom stereocenters. The second kappa shape index (κ2) is 10.6. The molecule has 19 heavy (non-hydrogen) atoms. The second-order valence-electron chi connectivity index (χ2n) is 4.07. The maximum absolute atomic E-state index is 11.7. The van der Waals surface area contributed by atoms with Crippen molar-refractivity contribution < 1.29 is 4.79 Å². The highest BCUT2D eigenvalue weighted by Crippen LogP contribution is 2.28. The molecular weight excluding hydrogens is 234 g/mol. The standard InChI is InChI=1S/C13H17NO.2C2H6/c1-2-14-9-8-12(10-13(14)15)11-6-4-3-5-7-11;2*1-2/h3-7,12H,2,8-10H2,1H3;2*1-2H3. The molecule has 2 heteroatoms. The Kier molecular flexibility index (Phi) is 9.87. The van der Waals surface area contributed by atoms with E-state index in [1.807, 2.05) is 57.7 Å². The maximum Gasteiger partial charge on any atom is 0.223 e. The monoisotopic (exact) mass is 263 g/mol. The average molecular weight is 263 g/mol. The minimum Gasteiger partial charge on any atom is -0.343 e. The Morgan fingerprint density at radius 3 is 2.16 bits per heavy atom. The summed E-state index contributed by atoms with van der Waals surface area (Å²) in [6, 6.07) is 10.4. The number of carbonyl (C=O) groups is 1. The Morgan fingerprint density at radius 2 is 1.68 bits per heavy atom. The van der Waals surface area contributed by atoms with Crippen molar-refractivity contribution in [1.82, 2.24) is 4.90 Å². The zero-order chi connectivity index (χ0) is 14.7. The molecular formula is C17H29NO. The van der Waals surface area contributed by atoms with Crippen molar-refractivity contribution in [3.63, 3.8) is 0 Å². The first-order valence-electron chi connectivity index (χ1n) is 7.64. The molecule has 1 amide bonds. The van der Waals surface area contributed by atoms with Crippen LogP contribution in [0, 0.1) is 0 Å². The van der Waals surface area contributed by atoms with Gasteiger partial charge in [-0.05, 0) is 24.8 Å². The Labute approximate surface area is 118 Å². The van der Waals surface area contributed by atoms with Crippen LogP contribution in [-0.2, 0) is 4.79 Å². The van der Waals surface area contributed by atoms with Crippen molar-refractivity contribution in [2.24, 2.45) is 0 Å². The summed E-state index contributed by atoms with van der Waals surface area (Å²) >= 11 is 0. The predicted octanol–water partition coefficient (Wildman–Crippen LogP) is 4.46. The van der Waals surface area contributed by atoms with E-state index in [9.17, 15) is 4.79 Å². The summed E-state index contributed by atoms with van der Waals surface area (Å²) < 4.78 is 0. The van der Waals surface area contributed by atoms with Gasteiger partial charge in [0, 0.05) is 19.5 Å². The van der Waals surface area contributed by atoms with E-state index in [0.29, 0.717) is 18.2 Å². The quantitative estimate of drug-likeness (QED) is 0.771. The molecule has 0 aromatic heterocycles. The van der Waals surface area contributed by atoms with Crippen LogP contribution < -0.4 is 0 Å². The van der Waals surface area contributed by atoms with Crippen molar-refractivity contribution in [2.45, 2.75) is 53.4 Å². The average Bonchev–Trinajstić information content (AvgIpc) is 2.52. The molecule has 1 aliphatic heterocycles. The van der Waals surface area contributed by atoms with Crippen molar-refractivity contribution in [3.05, 3.63) is 35.9 Å². The Hall–Kier alpha value is -1.31. The second-order valence-corrected chi connectivity index (χ2v) is 4.07. The van der Waals surface area contributed by atoms with Crippen LogP contribution in [0.5, 0.6) is 0 Å². The Morgan fingerprint density at radius 1 is 1.11 bits per heavy atom. The summed E-state index contributed by atoms with van der Waals surface area (Å²) in [6.07, 6.45) is 1.78. The van der Waals surface area contributed by atoms with Gasteiger partial charge in [0.2, 0.25) is 5.91 Å². The van der Waals surface area contributed by atoms with Crippen LogP contribution in [0.15, 0.2) is 30.3 Å². The molecule has 2 rings (SSSR count). The number of rotatable bonds is 2. The first-order chi connectivity index (χ1) is 9.31. The summed E-state index contributed by atoms with van der Waals surface area (Å²) in [5.41, 5.74) is 1.31. The largest absolute Gasteiger partial charge is 0.343 e. The molecule has 108 valence electrons. The van der Waals surface area contributed by atoms with Gasteiger partial charge in [-0.3, -0.25) is 4.79 Å². The number of piperidine rings is 1. The smallest absolute Gasteiger partial charge is 0.223 e. The zero-order valence-corrected chi connectivity index (χ0v) is 13.1. The van der Waals surface area contributed by atoms with E-state index in [1.165, 1.54) is 5.56 Å². The minimum atomic E-state index is 0.303. The maximum atomic E-state index is 11.7. The topological polar surface area (TPSA) is 20.3 Å². The predicted molar refractivity (Wildman–Crippen MR) is 83.4 cm³/mol. The Balaban J connectivity index is 0.000000741. The van der Waals surface area contributed by atoms with Gasteiger partial charge >= 0.3 is 0 Å². The minimum absolute atomic E-state index is 0.303. The fourth-order valence-electron chi connectivity index (χ4n) is 2.22. The van der Waals surface area contributed by atoms with Crippen LogP contribution in [-0.4, -0.2) is 23.9 Å². The molecule has 1 aliphatic rings. The third kappa shape index (κ3) is 5.46. The summed E-state index contributed by atoms with van der Waals surface area (Å²) in [4.78, 5) is 13.7. The molecule has 1 saturated heterocycles. The molecule has 2 nitrogen and oxygen atoms in total. The van der Waals surface area contributed by atoms with Gasteiger partial charge in [-0.1, -0.05) is 58.0 Å². The van der Waals surface area contributed by atoms with Crippen molar-refractivity contribution in [3.8, 4) is 0 Å². The van der Waals surface area contributed by atoms with Gasteiger partial charge in [0.25, 0.3) is 0 Å². The van der Waals surface area contributed by atoms with Crippen molar-refractivity contribution in [2.75, 3.05) is 13.1 Å². The van der Waals surface area contributed by atoms with E-state index in [2.05, 4.69) is 12.1 Å². The summed E-state index contributed by atoms with van der Waals surface area (Å²) in [7, 11) is 0. The Bertz CT molecular complexity index is 334. The summed E-state index contributed by atoms with van der Waals surface area (Å²) in [5, 5.41) is 0.